The molecule has 0 fully saturated rings. The molecule has 0 aliphatic heterocycles. The highest BCUT2D eigenvalue weighted by molar-refractivity contribution is 9.10. The number of nitrogens with zero attached hydrogens (tertiary/aromatic N) is 1. The Morgan fingerprint density at radius 2 is 2.08 bits per heavy atom. The summed E-state index contributed by atoms with van der Waals surface area (Å²) >= 11 is 3.46. The van der Waals surface area contributed by atoms with E-state index in [1.165, 1.54) is 0 Å². The molecular weight excluding hydrogens is 384 g/mol. The van der Waals surface area contributed by atoms with Crippen LogP contribution in [0.2, 0.25) is 0 Å². The summed E-state index contributed by atoms with van der Waals surface area (Å²) < 4.78 is 6.59. The maximum atomic E-state index is 11.4. The maximum absolute atomic E-state index is 11.4. The minimum atomic E-state index is -0.427. The zero-order chi connectivity index (χ0) is 17.8. The number of halogens is 1. The van der Waals surface area contributed by atoms with Gasteiger partial charge in [0.05, 0.1) is 5.92 Å². The predicted molar refractivity (Wildman–Crippen MR) is 102 cm³/mol. The summed E-state index contributed by atoms with van der Waals surface area (Å²) in [6.45, 7) is 3.78. The van der Waals surface area contributed by atoms with Gasteiger partial charge in [-0.1, -0.05) is 46.8 Å². The Morgan fingerprint density at radius 1 is 1.28 bits per heavy atom. The van der Waals surface area contributed by atoms with Crippen LogP contribution in [0.4, 0.5) is 0 Å². The molecule has 0 saturated heterocycles. The molecule has 0 saturated carbocycles. The summed E-state index contributed by atoms with van der Waals surface area (Å²) in [6.07, 6.45) is 3.50. The molecule has 1 atom stereocenters. The number of para-hydroxylation sites is 1. The Balaban J connectivity index is 2.15. The molecule has 25 heavy (non-hydrogen) atoms. The van der Waals surface area contributed by atoms with Gasteiger partial charge in [-0.25, -0.2) is 0 Å². The Morgan fingerprint density at radius 3 is 2.84 bits per heavy atom. The second-order valence-electron chi connectivity index (χ2n) is 5.64. The fourth-order valence-electron chi connectivity index (χ4n) is 2.97. The molecule has 3 rings (SSSR count). The summed E-state index contributed by atoms with van der Waals surface area (Å²) in [4.78, 5) is 14.3. The maximum Gasteiger partial charge on any atom is 0.214 e. The van der Waals surface area contributed by atoms with Gasteiger partial charge in [0, 0.05) is 32.1 Å². The van der Waals surface area contributed by atoms with Crippen molar-refractivity contribution in [1.82, 2.24) is 4.98 Å². The first-order chi connectivity index (χ1) is 12.1. The highest BCUT2D eigenvalue weighted by Gasteiger charge is 2.26. The topological polar surface area (TPSA) is 68.2 Å². The number of fused-ring (bicyclic) bond motifs is 1. The monoisotopic (exact) mass is 400 g/mol. The van der Waals surface area contributed by atoms with E-state index in [0.29, 0.717) is 12.4 Å². The quantitative estimate of drug-likeness (QED) is 0.348. The number of hydrogen-bond acceptors (Lipinski definition) is 3. The van der Waals surface area contributed by atoms with Crippen LogP contribution in [0.3, 0.4) is 0 Å². The van der Waals surface area contributed by atoms with Crippen molar-refractivity contribution in [2.45, 2.75) is 5.92 Å². The molecule has 1 aromatic heterocycles. The van der Waals surface area contributed by atoms with Gasteiger partial charge in [-0.15, -0.1) is 0 Å². The molecule has 1 N–H and O–H groups in total. The van der Waals surface area contributed by atoms with Crippen LogP contribution in [0, 0.1) is 10.1 Å². The van der Waals surface area contributed by atoms with E-state index in [4.69, 9.17) is 4.74 Å². The van der Waals surface area contributed by atoms with Crippen molar-refractivity contribution in [3.63, 3.8) is 0 Å². The first-order valence-corrected chi connectivity index (χ1v) is 8.60. The summed E-state index contributed by atoms with van der Waals surface area (Å²) in [5.74, 6) is 0.198. The van der Waals surface area contributed by atoms with Gasteiger partial charge in [0.1, 0.15) is 12.4 Å². The average Bonchev–Trinajstić information content (AvgIpc) is 3.02. The van der Waals surface area contributed by atoms with Crippen LogP contribution in [0.15, 0.2) is 65.8 Å². The molecule has 0 unspecified atom stereocenters. The first-order valence-electron chi connectivity index (χ1n) is 7.81. The van der Waals surface area contributed by atoms with Gasteiger partial charge in [0.15, 0.2) is 0 Å². The lowest BCUT2D eigenvalue weighted by Gasteiger charge is -2.18. The zero-order valence-corrected chi connectivity index (χ0v) is 15.0. The van der Waals surface area contributed by atoms with Crippen molar-refractivity contribution in [2.24, 2.45) is 0 Å². The highest BCUT2D eigenvalue weighted by atomic mass is 79.9. The Bertz CT molecular complexity index is 920. The molecule has 2 aromatic carbocycles. The lowest BCUT2D eigenvalue weighted by molar-refractivity contribution is -0.481. The van der Waals surface area contributed by atoms with E-state index in [0.717, 1.165) is 26.5 Å². The summed E-state index contributed by atoms with van der Waals surface area (Å²) in [5, 5.41) is 12.3. The highest BCUT2D eigenvalue weighted by Crippen LogP contribution is 2.37. The van der Waals surface area contributed by atoms with Crippen LogP contribution in [-0.4, -0.2) is 23.1 Å². The second-order valence-corrected chi connectivity index (χ2v) is 6.55. The van der Waals surface area contributed by atoms with Crippen LogP contribution < -0.4 is 4.74 Å². The van der Waals surface area contributed by atoms with Crippen LogP contribution in [-0.2, 0) is 0 Å². The normalized spacial score (nSPS) is 12.0. The van der Waals surface area contributed by atoms with Gasteiger partial charge in [-0.05, 0) is 29.8 Å². The zero-order valence-electron chi connectivity index (χ0n) is 13.4. The fraction of sp³-hybridized carbons (Fsp3) is 0.158. The van der Waals surface area contributed by atoms with Crippen molar-refractivity contribution in [2.75, 3.05) is 13.2 Å². The lowest BCUT2D eigenvalue weighted by Crippen LogP contribution is -2.15. The number of aromatic amines is 1. The second kappa shape index (κ2) is 7.53. The minimum Gasteiger partial charge on any atom is -0.489 e. The van der Waals surface area contributed by atoms with Gasteiger partial charge in [-0.2, -0.15) is 0 Å². The molecule has 5 nitrogen and oxygen atoms in total. The largest absolute Gasteiger partial charge is 0.489 e. The van der Waals surface area contributed by atoms with Crippen molar-refractivity contribution < 1.29 is 9.66 Å². The van der Waals surface area contributed by atoms with E-state index in [-0.39, 0.29) is 11.5 Å². The third-order valence-corrected chi connectivity index (χ3v) is 4.53. The number of H-pyrrole nitrogens is 1. The lowest BCUT2D eigenvalue weighted by atomic mass is 9.90. The van der Waals surface area contributed by atoms with E-state index >= 15 is 0 Å². The molecule has 0 spiro atoms. The van der Waals surface area contributed by atoms with Gasteiger partial charge < -0.3 is 9.72 Å². The average molecular weight is 401 g/mol. The Hall–Kier alpha value is -2.60. The van der Waals surface area contributed by atoms with Crippen molar-refractivity contribution in [3.8, 4) is 5.75 Å². The SMILES string of the molecule is C=CCOc1ccc(Br)cc1[C@H](C[N+](=O)[O-])c1c[nH]c2ccccc12. The predicted octanol–water partition coefficient (Wildman–Crippen LogP) is 4.90. The molecule has 0 amide bonds. The number of ether oxygens (including phenoxy) is 1. The first kappa shape index (κ1) is 17.2. The Kier molecular flexibility index (Phi) is 5.19. The van der Waals surface area contributed by atoms with E-state index in [2.05, 4.69) is 27.5 Å². The standard InChI is InChI=1S/C19H17BrN2O3/c1-2-9-25-19-8-7-13(20)10-15(19)17(12-22(23)24)16-11-21-18-6-4-3-5-14(16)18/h2-8,10-11,17,21H,1,9,12H2/t17-/m0/s1. The molecule has 0 aliphatic carbocycles. The third-order valence-electron chi connectivity index (χ3n) is 4.03. The van der Waals surface area contributed by atoms with Crippen molar-refractivity contribution in [3.05, 3.63) is 87.0 Å². The van der Waals surface area contributed by atoms with Crippen molar-refractivity contribution in [1.29, 1.82) is 0 Å². The van der Waals surface area contributed by atoms with E-state index in [1.54, 1.807) is 6.08 Å². The summed E-state index contributed by atoms with van der Waals surface area (Å²) in [6, 6.07) is 13.4. The van der Waals surface area contributed by atoms with Gasteiger partial charge in [0.2, 0.25) is 6.54 Å². The molecule has 0 radical (unpaired) electrons. The number of nitrogens with one attached hydrogen (secondary N) is 1. The van der Waals surface area contributed by atoms with Gasteiger partial charge >= 0.3 is 0 Å². The molecule has 0 aliphatic rings. The number of rotatable bonds is 7. The third kappa shape index (κ3) is 3.74. The fourth-order valence-corrected chi connectivity index (χ4v) is 3.35. The smallest absolute Gasteiger partial charge is 0.214 e. The summed E-state index contributed by atoms with van der Waals surface area (Å²) in [7, 11) is 0. The van der Waals surface area contributed by atoms with Crippen LogP contribution >= 0.6 is 15.9 Å². The molecule has 6 heteroatoms. The molecular formula is C19H17BrN2O3. The molecule has 3 aromatic rings. The van der Waals surface area contributed by atoms with Gasteiger partial charge in [0.25, 0.3) is 0 Å². The Labute approximate surface area is 153 Å². The van der Waals surface area contributed by atoms with E-state index in [9.17, 15) is 10.1 Å². The van der Waals surface area contributed by atoms with Crippen LogP contribution in [0.1, 0.15) is 17.0 Å². The number of aromatic nitrogens is 1. The van der Waals surface area contributed by atoms with E-state index < -0.39 is 5.92 Å². The van der Waals surface area contributed by atoms with Crippen LogP contribution in [0.5, 0.6) is 5.75 Å². The van der Waals surface area contributed by atoms with E-state index in [1.807, 2.05) is 48.7 Å². The molecule has 0 bridgehead atoms. The molecule has 128 valence electrons. The van der Waals surface area contributed by atoms with Crippen molar-refractivity contribution >= 4 is 26.8 Å². The van der Waals surface area contributed by atoms with Gasteiger partial charge in [-0.3, -0.25) is 10.1 Å². The molecule has 1 heterocycles. The number of hydrogen-bond donors (Lipinski definition) is 1. The number of benzene rings is 2. The summed E-state index contributed by atoms with van der Waals surface area (Å²) in [5.41, 5.74) is 2.61. The number of nitro groups is 1. The minimum absolute atomic E-state index is 0.219. The van der Waals surface area contributed by atoms with Crippen LogP contribution in [0.25, 0.3) is 10.9 Å².